The number of rotatable bonds is 0. The van der Waals surface area contributed by atoms with Gasteiger partial charge in [-0.25, -0.2) is 8.42 Å². The van der Waals surface area contributed by atoms with Crippen molar-refractivity contribution in [2.75, 3.05) is 11.5 Å². The molecule has 4 heteroatoms. The summed E-state index contributed by atoms with van der Waals surface area (Å²) in [5.74, 6) is -0.126. The zero-order valence-electron chi connectivity index (χ0n) is 5.46. The van der Waals surface area contributed by atoms with Crippen LogP contribution in [0.1, 0.15) is 12.8 Å². The van der Waals surface area contributed by atoms with Crippen molar-refractivity contribution < 1.29 is 13.2 Å². The first kappa shape index (κ1) is 6.34. The molecule has 0 N–H and O–H groups in total. The third kappa shape index (κ3) is 0.714. The summed E-state index contributed by atoms with van der Waals surface area (Å²) in [5, 5.41) is 0. The Hall–Kier alpha value is -0.380. The van der Waals surface area contributed by atoms with Gasteiger partial charge in [-0.3, -0.25) is 4.79 Å². The first-order chi connectivity index (χ1) is 4.54. The van der Waals surface area contributed by atoms with Gasteiger partial charge in [0.1, 0.15) is 5.75 Å². The Morgan fingerprint density at radius 1 is 1.30 bits per heavy atom. The number of sulfone groups is 1. The van der Waals surface area contributed by atoms with Gasteiger partial charge in [0.25, 0.3) is 0 Å². The highest BCUT2D eigenvalue weighted by Gasteiger charge is 2.57. The van der Waals surface area contributed by atoms with Crippen molar-refractivity contribution in [1.82, 2.24) is 0 Å². The quantitative estimate of drug-likeness (QED) is 0.491. The molecule has 0 aromatic heterocycles. The van der Waals surface area contributed by atoms with Gasteiger partial charge in [0.15, 0.2) is 15.6 Å². The second-order valence-corrected chi connectivity index (χ2v) is 5.30. The highest BCUT2D eigenvalue weighted by molar-refractivity contribution is 7.92. The maximum atomic E-state index is 11.0. The maximum Gasteiger partial charge on any atom is 0.158 e. The first-order valence-corrected chi connectivity index (χ1v) is 5.10. The van der Waals surface area contributed by atoms with Gasteiger partial charge in [-0.1, -0.05) is 0 Å². The van der Waals surface area contributed by atoms with Crippen LogP contribution in [0, 0.1) is 5.41 Å². The van der Waals surface area contributed by atoms with Crippen molar-refractivity contribution in [1.29, 1.82) is 0 Å². The summed E-state index contributed by atoms with van der Waals surface area (Å²) in [7, 11) is -2.99. The Balaban J connectivity index is 2.40. The van der Waals surface area contributed by atoms with Gasteiger partial charge in [-0.05, 0) is 12.8 Å². The summed E-state index contributed by atoms with van der Waals surface area (Å²) in [6.45, 7) is 0. The Bertz CT molecular complexity index is 284. The Labute approximate surface area is 59.3 Å². The van der Waals surface area contributed by atoms with Crippen LogP contribution in [0.4, 0.5) is 0 Å². The summed E-state index contributed by atoms with van der Waals surface area (Å²) in [6.07, 6.45) is 1.59. The fourth-order valence-electron chi connectivity index (χ4n) is 1.48. The lowest BCUT2D eigenvalue weighted by atomic mass is 10.1. The first-order valence-electron chi connectivity index (χ1n) is 3.28. The molecule has 0 unspecified atom stereocenters. The van der Waals surface area contributed by atoms with Gasteiger partial charge in [-0.15, -0.1) is 0 Å². The second kappa shape index (κ2) is 1.44. The van der Waals surface area contributed by atoms with Gasteiger partial charge < -0.3 is 0 Å². The van der Waals surface area contributed by atoms with E-state index in [0.717, 1.165) is 12.8 Å². The largest absolute Gasteiger partial charge is 0.298 e. The number of Topliss-reactive ketones (excluding diaryl/α,β-unsaturated/α-hetero) is 1. The molecular weight excluding hydrogens is 152 g/mol. The normalized spacial score (nSPS) is 33.0. The number of hydrogen-bond acceptors (Lipinski definition) is 3. The Kier molecular flexibility index (Phi) is 0.915. The summed E-state index contributed by atoms with van der Waals surface area (Å²) >= 11 is 0. The zero-order chi connectivity index (χ0) is 7.41. The molecule has 0 aromatic rings. The highest BCUT2D eigenvalue weighted by atomic mass is 32.2. The molecule has 1 saturated carbocycles. The van der Waals surface area contributed by atoms with Crippen molar-refractivity contribution in [2.45, 2.75) is 12.8 Å². The Morgan fingerprint density at radius 3 is 2.10 bits per heavy atom. The molecule has 1 aliphatic carbocycles. The molecule has 0 bridgehead atoms. The van der Waals surface area contributed by atoms with E-state index in [-0.39, 0.29) is 17.3 Å². The average molecular weight is 160 g/mol. The summed E-state index contributed by atoms with van der Waals surface area (Å²) in [5.41, 5.74) is -0.390. The van der Waals surface area contributed by atoms with Crippen molar-refractivity contribution in [3.8, 4) is 0 Å². The van der Waals surface area contributed by atoms with Crippen molar-refractivity contribution in [3.05, 3.63) is 0 Å². The lowest BCUT2D eigenvalue weighted by Crippen LogP contribution is -2.10. The average Bonchev–Trinajstić information content (AvgIpc) is 2.40. The SMILES string of the molecule is O=C1CS(=O)(=O)CC12CC2. The van der Waals surface area contributed by atoms with Gasteiger partial charge in [0, 0.05) is 5.41 Å². The minimum atomic E-state index is -2.99. The van der Waals surface area contributed by atoms with E-state index >= 15 is 0 Å². The van der Waals surface area contributed by atoms with Crippen LogP contribution < -0.4 is 0 Å². The zero-order valence-corrected chi connectivity index (χ0v) is 6.28. The van der Waals surface area contributed by atoms with Crippen LogP contribution in [0.15, 0.2) is 0 Å². The highest BCUT2D eigenvalue weighted by Crippen LogP contribution is 2.51. The number of carbonyl (C=O) groups is 1. The standard InChI is InChI=1S/C6H8O3S/c7-5-3-10(8,9)4-6(5)1-2-6/h1-4H2. The molecule has 2 fully saturated rings. The predicted octanol–water partition coefficient (Wildman–Crippen LogP) is -0.236. The van der Waals surface area contributed by atoms with Crippen LogP contribution in [-0.2, 0) is 14.6 Å². The number of ketones is 1. The van der Waals surface area contributed by atoms with Gasteiger partial charge in [-0.2, -0.15) is 0 Å². The van der Waals surface area contributed by atoms with Crippen LogP contribution in [0.25, 0.3) is 0 Å². The molecule has 1 saturated heterocycles. The van der Waals surface area contributed by atoms with Crippen LogP contribution in [0.2, 0.25) is 0 Å². The third-order valence-corrected chi connectivity index (χ3v) is 3.99. The summed E-state index contributed by atoms with van der Waals surface area (Å²) in [6, 6.07) is 0. The van der Waals surface area contributed by atoms with Crippen LogP contribution in [-0.4, -0.2) is 25.7 Å². The molecule has 0 amide bonds. The molecule has 1 heterocycles. The molecule has 56 valence electrons. The molecule has 3 nitrogen and oxygen atoms in total. The predicted molar refractivity (Wildman–Crippen MR) is 35.3 cm³/mol. The number of hydrogen-bond donors (Lipinski definition) is 0. The van der Waals surface area contributed by atoms with Crippen LogP contribution in [0.5, 0.6) is 0 Å². The molecule has 10 heavy (non-hydrogen) atoms. The minimum absolute atomic E-state index is 0.0486. The van der Waals surface area contributed by atoms with Crippen molar-refractivity contribution in [2.24, 2.45) is 5.41 Å². The molecule has 0 radical (unpaired) electrons. The molecule has 2 aliphatic rings. The molecule has 2 rings (SSSR count). The molecule has 0 atom stereocenters. The smallest absolute Gasteiger partial charge is 0.158 e. The third-order valence-electron chi connectivity index (χ3n) is 2.29. The van der Waals surface area contributed by atoms with E-state index < -0.39 is 15.3 Å². The van der Waals surface area contributed by atoms with E-state index in [0.29, 0.717) is 0 Å². The van der Waals surface area contributed by atoms with Gasteiger partial charge >= 0.3 is 0 Å². The fraction of sp³-hybridized carbons (Fsp3) is 0.833. The summed E-state index contributed by atoms with van der Waals surface area (Å²) in [4.78, 5) is 11.0. The lowest BCUT2D eigenvalue weighted by molar-refractivity contribution is -0.120. The van der Waals surface area contributed by atoms with E-state index in [2.05, 4.69) is 0 Å². The van der Waals surface area contributed by atoms with Crippen LogP contribution in [0.3, 0.4) is 0 Å². The molecule has 0 aromatic carbocycles. The van der Waals surface area contributed by atoms with Crippen LogP contribution >= 0.6 is 0 Å². The number of carbonyl (C=O) groups excluding carboxylic acids is 1. The van der Waals surface area contributed by atoms with Gasteiger partial charge in [0.05, 0.1) is 5.75 Å². The maximum absolute atomic E-state index is 11.0. The van der Waals surface area contributed by atoms with Gasteiger partial charge in [0.2, 0.25) is 0 Å². The Morgan fingerprint density at radius 2 is 1.90 bits per heavy atom. The molecule has 1 aliphatic heterocycles. The van der Waals surface area contributed by atoms with E-state index in [4.69, 9.17) is 0 Å². The van der Waals surface area contributed by atoms with Crippen molar-refractivity contribution >= 4 is 15.6 Å². The second-order valence-electron chi connectivity index (χ2n) is 3.24. The van der Waals surface area contributed by atoms with E-state index in [1.807, 2.05) is 0 Å². The molecular formula is C6H8O3S. The monoisotopic (exact) mass is 160 g/mol. The lowest BCUT2D eigenvalue weighted by Gasteiger charge is -1.95. The van der Waals surface area contributed by atoms with E-state index in [1.54, 1.807) is 0 Å². The molecule has 1 spiro atoms. The van der Waals surface area contributed by atoms with E-state index in [9.17, 15) is 13.2 Å². The summed E-state index contributed by atoms with van der Waals surface area (Å²) < 4.78 is 21.8. The topological polar surface area (TPSA) is 51.2 Å². The van der Waals surface area contributed by atoms with Crippen molar-refractivity contribution in [3.63, 3.8) is 0 Å². The minimum Gasteiger partial charge on any atom is -0.298 e. The fourth-order valence-corrected chi connectivity index (χ4v) is 3.58. The van der Waals surface area contributed by atoms with E-state index in [1.165, 1.54) is 0 Å².